The monoisotopic (exact) mass is 365 g/mol. The normalized spacial score (nSPS) is 20.0. The van der Waals surface area contributed by atoms with Gasteiger partial charge in [0.2, 0.25) is 0 Å². The highest BCUT2D eigenvalue weighted by Gasteiger charge is 2.34. The van der Waals surface area contributed by atoms with Crippen LogP contribution in [0.5, 0.6) is 0 Å². The largest absolute Gasteiger partial charge is 0.353 e. The van der Waals surface area contributed by atoms with Crippen LogP contribution in [-0.2, 0) is 25.8 Å². The molecule has 2 aromatic heterocycles. The van der Waals surface area contributed by atoms with Crippen molar-refractivity contribution in [3.8, 4) is 0 Å². The van der Waals surface area contributed by atoms with Crippen LogP contribution in [0.25, 0.3) is 0 Å². The lowest BCUT2D eigenvalue weighted by Crippen LogP contribution is -2.59. The Bertz CT molecular complexity index is 846. The highest BCUT2D eigenvalue weighted by Crippen LogP contribution is 2.30. The Kier molecular flexibility index (Phi) is 4.19. The van der Waals surface area contributed by atoms with Gasteiger partial charge in [-0.3, -0.25) is 0 Å². The van der Waals surface area contributed by atoms with Gasteiger partial charge in [0.05, 0.1) is 17.4 Å². The van der Waals surface area contributed by atoms with Gasteiger partial charge < -0.3 is 14.7 Å². The molecule has 0 aromatic carbocycles. The smallest absolute Gasteiger partial charge is 0.151 e. The minimum absolute atomic E-state index is 0.453. The van der Waals surface area contributed by atoms with E-state index in [2.05, 4.69) is 55.0 Å². The lowest BCUT2D eigenvalue weighted by Gasteiger charge is -2.45. The number of aryl methyl sites for hydroxylation is 2. The second-order valence-electron chi connectivity index (χ2n) is 8.16. The summed E-state index contributed by atoms with van der Waals surface area (Å²) in [4.78, 5) is 16.2. The number of likely N-dealkylation sites (N-methyl/N-ethyl adjacent to an activating group) is 2. The summed E-state index contributed by atoms with van der Waals surface area (Å²) in [5.74, 6) is 2.12. The fraction of sp³-hybridized carbons (Fsp3) is 0.600. The molecule has 1 saturated heterocycles. The molecule has 3 aliphatic rings. The van der Waals surface area contributed by atoms with Gasteiger partial charge in [0.1, 0.15) is 12.1 Å². The Labute approximate surface area is 160 Å². The fourth-order valence-corrected chi connectivity index (χ4v) is 4.46. The molecule has 1 aliphatic carbocycles. The predicted octanol–water partition coefficient (Wildman–Crippen LogP) is 1.46. The highest BCUT2D eigenvalue weighted by molar-refractivity contribution is 5.53. The van der Waals surface area contributed by atoms with Gasteiger partial charge in [0.25, 0.3) is 0 Å². The van der Waals surface area contributed by atoms with Crippen molar-refractivity contribution in [2.75, 3.05) is 43.5 Å². The van der Waals surface area contributed by atoms with Crippen molar-refractivity contribution in [2.45, 2.75) is 44.7 Å². The van der Waals surface area contributed by atoms with Gasteiger partial charge in [-0.15, -0.1) is 5.10 Å². The zero-order chi connectivity index (χ0) is 18.4. The van der Waals surface area contributed by atoms with Gasteiger partial charge in [-0.05, 0) is 44.4 Å². The molecule has 2 aromatic rings. The molecule has 142 valence electrons. The number of hydrogen-bond acceptors (Lipinski definition) is 7. The van der Waals surface area contributed by atoms with Gasteiger partial charge in [-0.1, -0.05) is 0 Å². The number of nitrogens with zero attached hydrogens (tertiary/aromatic N) is 7. The van der Waals surface area contributed by atoms with E-state index in [-0.39, 0.29) is 0 Å². The summed E-state index contributed by atoms with van der Waals surface area (Å²) in [5, 5.41) is 8.97. The van der Waals surface area contributed by atoms with Crippen LogP contribution in [0.2, 0.25) is 0 Å². The number of hydrogen-bond donors (Lipinski definition) is 0. The Morgan fingerprint density at radius 1 is 1.04 bits per heavy atom. The summed E-state index contributed by atoms with van der Waals surface area (Å²) in [5.41, 5.74) is 5.11. The minimum Gasteiger partial charge on any atom is -0.353 e. The van der Waals surface area contributed by atoms with E-state index in [0.29, 0.717) is 6.04 Å². The molecule has 2 aliphatic heterocycles. The Morgan fingerprint density at radius 2 is 1.89 bits per heavy atom. The van der Waals surface area contributed by atoms with Gasteiger partial charge in [-0.25, -0.2) is 9.97 Å². The molecule has 0 bridgehead atoms. The van der Waals surface area contributed by atoms with E-state index < -0.39 is 0 Å². The van der Waals surface area contributed by atoms with Crippen molar-refractivity contribution in [3.63, 3.8) is 0 Å². The number of aromatic nitrogens is 4. The number of rotatable bonds is 3. The first-order chi connectivity index (χ1) is 13.2. The third-order valence-electron chi connectivity index (χ3n) is 6.30. The van der Waals surface area contributed by atoms with Crippen molar-refractivity contribution >= 4 is 11.6 Å². The summed E-state index contributed by atoms with van der Waals surface area (Å²) >= 11 is 0. The lowest BCUT2D eigenvalue weighted by molar-refractivity contribution is 0.308. The molecule has 0 amide bonds. The van der Waals surface area contributed by atoms with Crippen molar-refractivity contribution in [1.82, 2.24) is 25.1 Å². The summed E-state index contributed by atoms with van der Waals surface area (Å²) in [7, 11) is 4.33. The second-order valence-corrected chi connectivity index (χ2v) is 8.16. The van der Waals surface area contributed by atoms with Gasteiger partial charge >= 0.3 is 0 Å². The molecule has 0 unspecified atom stereocenters. The molecule has 0 atom stereocenters. The van der Waals surface area contributed by atoms with Crippen LogP contribution in [-0.4, -0.2) is 64.8 Å². The second kappa shape index (κ2) is 6.71. The maximum atomic E-state index is 4.63. The average molecular weight is 365 g/mol. The van der Waals surface area contributed by atoms with Crippen LogP contribution >= 0.6 is 0 Å². The highest BCUT2D eigenvalue weighted by atomic mass is 15.4. The van der Waals surface area contributed by atoms with Crippen LogP contribution in [0.3, 0.4) is 0 Å². The van der Waals surface area contributed by atoms with Crippen LogP contribution in [0.15, 0.2) is 12.4 Å². The molecule has 7 heteroatoms. The summed E-state index contributed by atoms with van der Waals surface area (Å²) in [6.07, 6.45) is 7.49. The number of fused-ring (bicyclic) bond motifs is 2. The quantitative estimate of drug-likeness (QED) is 0.816. The maximum Gasteiger partial charge on any atom is 0.151 e. The van der Waals surface area contributed by atoms with Crippen molar-refractivity contribution in [3.05, 3.63) is 34.9 Å². The Balaban J connectivity index is 1.30. The van der Waals surface area contributed by atoms with Crippen molar-refractivity contribution < 1.29 is 0 Å². The van der Waals surface area contributed by atoms with E-state index in [1.807, 2.05) is 0 Å². The van der Waals surface area contributed by atoms with E-state index in [9.17, 15) is 0 Å². The minimum atomic E-state index is 0.453. The molecular weight excluding hydrogens is 338 g/mol. The average Bonchev–Trinajstić information content (AvgIpc) is 2.66. The SMILES string of the molecule is CN1CCc2ncnc(N(C)C3CN(c4cc5c(nn4)CCCC5)C3)c2C1. The predicted molar refractivity (Wildman–Crippen MR) is 105 cm³/mol. The van der Waals surface area contributed by atoms with E-state index in [0.717, 1.165) is 57.1 Å². The molecular formula is C20H27N7. The van der Waals surface area contributed by atoms with E-state index in [4.69, 9.17) is 0 Å². The maximum absolute atomic E-state index is 4.63. The van der Waals surface area contributed by atoms with Crippen LogP contribution in [0.1, 0.15) is 35.4 Å². The first kappa shape index (κ1) is 16.9. The summed E-state index contributed by atoms with van der Waals surface area (Å²) in [6, 6.07) is 2.72. The molecule has 0 spiro atoms. The molecule has 4 heterocycles. The van der Waals surface area contributed by atoms with Crippen molar-refractivity contribution in [1.29, 1.82) is 0 Å². The third kappa shape index (κ3) is 3.04. The molecule has 0 N–H and O–H groups in total. The fourth-order valence-electron chi connectivity index (χ4n) is 4.46. The zero-order valence-corrected chi connectivity index (χ0v) is 16.2. The molecule has 1 fully saturated rings. The Morgan fingerprint density at radius 3 is 2.78 bits per heavy atom. The molecule has 27 heavy (non-hydrogen) atoms. The molecule has 5 rings (SSSR count). The van der Waals surface area contributed by atoms with Crippen LogP contribution in [0, 0.1) is 0 Å². The van der Waals surface area contributed by atoms with Crippen molar-refractivity contribution in [2.24, 2.45) is 0 Å². The van der Waals surface area contributed by atoms with E-state index in [1.54, 1.807) is 6.33 Å². The lowest BCUT2D eigenvalue weighted by atomic mass is 9.96. The molecule has 0 radical (unpaired) electrons. The Hall–Kier alpha value is -2.28. The van der Waals surface area contributed by atoms with Crippen LogP contribution in [0.4, 0.5) is 11.6 Å². The molecule has 7 nitrogen and oxygen atoms in total. The topological polar surface area (TPSA) is 61.3 Å². The third-order valence-corrected chi connectivity index (χ3v) is 6.30. The van der Waals surface area contributed by atoms with E-state index >= 15 is 0 Å². The molecule has 0 saturated carbocycles. The van der Waals surface area contributed by atoms with Gasteiger partial charge in [0.15, 0.2) is 5.82 Å². The van der Waals surface area contributed by atoms with Crippen LogP contribution < -0.4 is 9.80 Å². The summed E-state index contributed by atoms with van der Waals surface area (Å²) < 4.78 is 0. The first-order valence-corrected chi connectivity index (χ1v) is 10.0. The van der Waals surface area contributed by atoms with Gasteiger partial charge in [-0.2, -0.15) is 5.10 Å². The first-order valence-electron chi connectivity index (χ1n) is 10.0. The number of anilines is 2. The standard InChI is InChI=1S/C20H27N7/c1-25-8-7-18-16(12-25)20(22-13-21-18)26(2)15-10-27(11-15)19-9-14-5-3-4-6-17(14)23-24-19/h9,13,15H,3-8,10-12H2,1-2H3. The summed E-state index contributed by atoms with van der Waals surface area (Å²) in [6.45, 7) is 3.95. The van der Waals surface area contributed by atoms with Gasteiger partial charge in [0, 0.05) is 45.2 Å². The zero-order valence-electron chi connectivity index (χ0n) is 16.2. The van der Waals surface area contributed by atoms with E-state index in [1.165, 1.54) is 35.4 Å².